The standard InChI is InChI=1S/C14H16F2N2O3/c15-10-3-9(4-11(16)5-10)12-6-17-14(13(19)18-12)7-20-1-2-21-8-14/h3-5,12,17H,1-2,6-8H2,(H,18,19). The molecule has 1 unspecified atom stereocenters. The Morgan fingerprint density at radius 3 is 2.29 bits per heavy atom. The van der Waals surface area contributed by atoms with Crippen LogP contribution in [-0.2, 0) is 14.3 Å². The first-order chi connectivity index (χ1) is 10.1. The van der Waals surface area contributed by atoms with E-state index in [-0.39, 0.29) is 19.1 Å². The van der Waals surface area contributed by atoms with Crippen LogP contribution in [0.1, 0.15) is 11.6 Å². The molecule has 2 heterocycles. The minimum absolute atomic E-state index is 0.211. The molecular weight excluding hydrogens is 282 g/mol. The van der Waals surface area contributed by atoms with Gasteiger partial charge in [-0.2, -0.15) is 0 Å². The van der Waals surface area contributed by atoms with Gasteiger partial charge in [0.1, 0.15) is 17.2 Å². The Hall–Kier alpha value is -1.57. The summed E-state index contributed by atoms with van der Waals surface area (Å²) in [5.74, 6) is -1.62. The van der Waals surface area contributed by atoms with Crippen LogP contribution >= 0.6 is 0 Å². The van der Waals surface area contributed by atoms with Crippen LogP contribution in [0.5, 0.6) is 0 Å². The quantitative estimate of drug-likeness (QED) is 0.793. The van der Waals surface area contributed by atoms with Gasteiger partial charge in [0.2, 0.25) is 5.91 Å². The van der Waals surface area contributed by atoms with E-state index < -0.39 is 23.2 Å². The van der Waals surface area contributed by atoms with Crippen molar-refractivity contribution in [1.82, 2.24) is 10.6 Å². The normalized spacial score (nSPS) is 25.4. The van der Waals surface area contributed by atoms with E-state index in [1.54, 1.807) is 0 Å². The Morgan fingerprint density at radius 2 is 1.71 bits per heavy atom. The minimum Gasteiger partial charge on any atom is -0.376 e. The van der Waals surface area contributed by atoms with Crippen molar-refractivity contribution in [3.8, 4) is 0 Å². The van der Waals surface area contributed by atoms with Crippen LogP contribution in [0.4, 0.5) is 8.78 Å². The molecule has 3 rings (SSSR count). The molecule has 5 nitrogen and oxygen atoms in total. The molecule has 1 aromatic carbocycles. The Kier molecular flexibility index (Phi) is 3.88. The van der Waals surface area contributed by atoms with Crippen molar-refractivity contribution < 1.29 is 23.0 Å². The Morgan fingerprint density at radius 1 is 1.10 bits per heavy atom. The lowest BCUT2D eigenvalue weighted by Gasteiger charge is -2.39. The van der Waals surface area contributed by atoms with E-state index in [1.807, 2.05) is 0 Å². The van der Waals surface area contributed by atoms with E-state index in [1.165, 1.54) is 12.1 Å². The molecule has 1 aromatic rings. The summed E-state index contributed by atoms with van der Waals surface area (Å²) in [6, 6.07) is 2.74. The molecule has 2 aliphatic heterocycles. The smallest absolute Gasteiger partial charge is 0.245 e. The summed E-state index contributed by atoms with van der Waals surface area (Å²) in [5, 5.41) is 5.89. The number of halogens is 2. The number of rotatable bonds is 1. The number of amides is 1. The van der Waals surface area contributed by atoms with Crippen LogP contribution in [-0.4, -0.2) is 44.4 Å². The maximum atomic E-state index is 13.3. The molecule has 1 atom stereocenters. The number of carbonyl (C=O) groups excluding carboxylic acids is 1. The number of piperazine rings is 1. The van der Waals surface area contributed by atoms with Gasteiger partial charge in [-0.3, -0.25) is 10.1 Å². The van der Waals surface area contributed by atoms with E-state index in [9.17, 15) is 13.6 Å². The largest absolute Gasteiger partial charge is 0.376 e. The van der Waals surface area contributed by atoms with Crippen LogP contribution in [0.25, 0.3) is 0 Å². The number of hydrogen-bond donors (Lipinski definition) is 2. The Labute approximate surface area is 120 Å². The molecule has 0 aromatic heterocycles. The lowest BCUT2D eigenvalue weighted by Crippen LogP contribution is -2.68. The zero-order valence-electron chi connectivity index (χ0n) is 11.3. The molecule has 21 heavy (non-hydrogen) atoms. The average Bonchev–Trinajstić information content (AvgIpc) is 2.67. The van der Waals surface area contributed by atoms with Gasteiger partial charge in [0.15, 0.2) is 0 Å². The summed E-state index contributed by atoms with van der Waals surface area (Å²) >= 11 is 0. The summed E-state index contributed by atoms with van der Waals surface area (Å²) in [6.07, 6.45) is 0. The third-order valence-electron chi connectivity index (χ3n) is 3.74. The van der Waals surface area contributed by atoms with Crippen molar-refractivity contribution in [3.05, 3.63) is 35.4 Å². The Bertz CT molecular complexity index is 525. The van der Waals surface area contributed by atoms with E-state index in [0.29, 0.717) is 25.3 Å². The number of hydrogen-bond acceptors (Lipinski definition) is 4. The molecule has 0 radical (unpaired) electrons. The molecule has 7 heteroatoms. The van der Waals surface area contributed by atoms with E-state index in [2.05, 4.69) is 10.6 Å². The highest BCUT2D eigenvalue weighted by atomic mass is 19.1. The van der Waals surface area contributed by atoms with Gasteiger partial charge in [-0.1, -0.05) is 0 Å². The summed E-state index contributed by atoms with van der Waals surface area (Å²) in [5.41, 5.74) is -0.544. The fourth-order valence-electron chi connectivity index (χ4n) is 2.59. The molecule has 2 N–H and O–H groups in total. The van der Waals surface area contributed by atoms with Gasteiger partial charge in [0, 0.05) is 12.6 Å². The average molecular weight is 298 g/mol. The first kappa shape index (κ1) is 14.4. The maximum Gasteiger partial charge on any atom is 0.245 e. The molecule has 2 fully saturated rings. The minimum atomic E-state index is -0.932. The summed E-state index contributed by atoms with van der Waals surface area (Å²) < 4.78 is 37.3. The van der Waals surface area contributed by atoms with Crippen molar-refractivity contribution >= 4 is 5.91 Å². The highest BCUT2D eigenvalue weighted by Gasteiger charge is 2.44. The first-order valence-corrected chi connectivity index (χ1v) is 6.77. The predicted molar refractivity (Wildman–Crippen MR) is 69.6 cm³/mol. The van der Waals surface area contributed by atoms with E-state index in [4.69, 9.17) is 9.47 Å². The molecule has 0 bridgehead atoms. The first-order valence-electron chi connectivity index (χ1n) is 6.77. The summed E-state index contributed by atoms with van der Waals surface area (Å²) in [6.45, 7) is 1.65. The number of benzene rings is 1. The summed E-state index contributed by atoms with van der Waals surface area (Å²) in [7, 11) is 0. The van der Waals surface area contributed by atoms with Crippen LogP contribution in [0, 0.1) is 11.6 Å². The van der Waals surface area contributed by atoms with Gasteiger partial charge in [-0.25, -0.2) is 8.78 Å². The highest BCUT2D eigenvalue weighted by molar-refractivity contribution is 5.88. The molecule has 2 saturated heterocycles. The number of nitrogens with one attached hydrogen (secondary N) is 2. The summed E-state index contributed by atoms with van der Waals surface area (Å²) in [4.78, 5) is 12.4. The molecule has 0 aliphatic carbocycles. The van der Waals surface area contributed by atoms with Crippen LogP contribution in [0.15, 0.2) is 18.2 Å². The Balaban J connectivity index is 1.77. The molecule has 1 amide bonds. The van der Waals surface area contributed by atoms with E-state index >= 15 is 0 Å². The van der Waals surface area contributed by atoms with Gasteiger partial charge in [-0.15, -0.1) is 0 Å². The van der Waals surface area contributed by atoms with E-state index in [0.717, 1.165) is 6.07 Å². The lowest BCUT2D eigenvalue weighted by molar-refractivity contribution is -0.134. The fraction of sp³-hybridized carbons (Fsp3) is 0.500. The maximum absolute atomic E-state index is 13.3. The van der Waals surface area contributed by atoms with Crippen molar-refractivity contribution in [3.63, 3.8) is 0 Å². The van der Waals surface area contributed by atoms with Crippen molar-refractivity contribution in [1.29, 1.82) is 0 Å². The molecule has 1 spiro atoms. The zero-order chi connectivity index (χ0) is 14.9. The second-order valence-electron chi connectivity index (χ2n) is 5.30. The fourth-order valence-corrected chi connectivity index (χ4v) is 2.59. The van der Waals surface area contributed by atoms with Gasteiger partial charge in [0.25, 0.3) is 0 Å². The zero-order valence-corrected chi connectivity index (χ0v) is 11.3. The molecule has 114 valence electrons. The number of carbonyl (C=O) groups is 1. The second kappa shape index (κ2) is 5.67. The third-order valence-corrected chi connectivity index (χ3v) is 3.74. The monoisotopic (exact) mass is 298 g/mol. The predicted octanol–water partition coefficient (Wildman–Crippen LogP) is 0.511. The molecule has 0 saturated carbocycles. The van der Waals surface area contributed by atoms with Gasteiger partial charge in [-0.05, 0) is 17.7 Å². The van der Waals surface area contributed by atoms with Crippen LogP contribution < -0.4 is 10.6 Å². The number of ether oxygens (including phenoxy) is 2. The van der Waals surface area contributed by atoms with Gasteiger partial charge in [0.05, 0.1) is 32.5 Å². The second-order valence-corrected chi connectivity index (χ2v) is 5.30. The lowest BCUT2D eigenvalue weighted by atomic mass is 9.94. The van der Waals surface area contributed by atoms with Crippen LogP contribution in [0.3, 0.4) is 0 Å². The highest BCUT2D eigenvalue weighted by Crippen LogP contribution is 2.23. The molecular formula is C14H16F2N2O3. The van der Waals surface area contributed by atoms with Gasteiger partial charge < -0.3 is 14.8 Å². The van der Waals surface area contributed by atoms with Gasteiger partial charge >= 0.3 is 0 Å². The SMILES string of the molecule is O=C1NC(c2cc(F)cc(F)c2)CNC12COCCOC2. The topological polar surface area (TPSA) is 59.6 Å². The van der Waals surface area contributed by atoms with Crippen molar-refractivity contribution in [2.75, 3.05) is 33.0 Å². The molecule has 2 aliphatic rings. The van der Waals surface area contributed by atoms with Crippen molar-refractivity contribution in [2.24, 2.45) is 0 Å². The van der Waals surface area contributed by atoms with Crippen molar-refractivity contribution in [2.45, 2.75) is 11.6 Å². The van der Waals surface area contributed by atoms with Crippen LogP contribution in [0.2, 0.25) is 0 Å². The third kappa shape index (κ3) is 2.90.